The smallest absolute Gasteiger partial charge is 0.160 e. The Morgan fingerprint density at radius 1 is 1.26 bits per heavy atom. The van der Waals surface area contributed by atoms with E-state index in [0.29, 0.717) is 10.5 Å². The summed E-state index contributed by atoms with van der Waals surface area (Å²) in [6.07, 6.45) is 6.20. The Hall–Kier alpha value is -1.80. The predicted molar refractivity (Wildman–Crippen MR) is 79.4 cm³/mol. The van der Waals surface area contributed by atoms with E-state index in [1.165, 1.54) is 11.1 Å². The molecule has 1 aliphatic carbocycles. The van der Waals surface area contributed by atoms with Gasteiger partial charge >= 0.3 is 0 Å². The highest BCUT2D eigenvalue weighted by atomic mass is 35.5. The Balaban J connectivity index is 2.20. The molecule has 0 fully saturated rings. The summed E-state index contributed by atoms with van der Waals surface area (Å²) in [4.78, 5) is 4.58. The fourth-order valence-electron chi connectivity index (χ4n) is 2.47. The van der Waals surface area contributed by atoms with Crippen molar-refractivity contribution in [2.24, 2.45) is 0 Å². The molecule has 0 saturated heterocycles. The van der Waals surface area contributed by atoms with Crippen LogP contribution in [0.3, 0.4) is 0 Å². The van der Waals surface area contributed by atoms with Crippen LogP contribution < -0.4 is 0 Å². The molecule has 0 unspecified atom stereocenters. The number of fused-ring (bicyclic) bond motifs is 1. The summed E-state index contributed by atoms with van der Waals surface area (Å²) in [6, 6.07) is 7.55. The zero-order valence-corrected chi connectivity index (χ0v) is 11.4. The van der Waals surface area contributed by atoms with Crippen LogP contribution in [0.25, 0.3) is 16.5 Å². The number of pyridine rings is 1. The summed E-state index contributed by atoms with van der Waals surface area (Å²) < 4.78 is 0. The molecule has 2 aromatic rings. The minimum absolute atomic E-state index is 0.0608. The molecule has 1 N–H and O–H groups in total. The first kappa shape index (κ1) is 12.2. The molecule has 0 radical (unpaired) electrons. The van der Waals surface area contributed by atoms with E-state index in [1.54, 1.807) is 6.07 Å². The lowest BCUT2D eigenvalue weighted by molar-refractivity contribution is 0.480. The zero-order chi connectivity index (χ0) is 13.4. The normalized spacial score (nSPS) is 14.6. The molecule has 1 aliphatic rings. The second-order valence-corrected chi connectivity index (χ2v) is 5.04. The van der Waals surface area contributed by atoms with Gasteiger partial charge in [-0.05, 0) is 36.1 Å². The first-order chi connectivity index (χ1) is 9.20. The number of aromatic nitrogens is 1. The minimum Gasteiger partial charge on any atom is -0.504 e. The number of hydrogen-bond donors (Lipinski definition) is 1. The molecule has 0 amide bonds. The highest BCUT2D eigenvalue weighted by Gasteiger charge is 2.13. The number of phenolic OH excluding ortho intramolecular Hbond substituents is 1. The standard InChI is InChI=1S/C16H14ClNO/c1-2-10-4-3-5-12(10)14-9-7-11-6-8-13(17)16(19)15(11)18-14/h3-4,6-9,19H,2,5H2,1H3. The van der Waals surface area contributed by atoms with Gasteiger partial charge in [0.05, 0.1) is 10.7 Å². The van der Waals surface area contributed by atoms with Gasteiger partial charge < -0.3 is 5.11 Å². The van der Waals surface area contributed by atoms with Gasteiger partial charge in [0.2, 0.25) is 0 Å². The fraction of sp³-hybridized carbons (Fsp3) is 0.188. The molecule has 0 spiro atoms. The SMILES string of the molecule is CCC1=C(c2ccc3ccc(Cl)c(O)c3n2)CC=C1. The number of hydrogen-bond acceptors (Lipinski definition) is 2. The quantitative estimate of drug-likeness (QED) is 0.857. The van der Waals surface area contributed by atoms with E-state index in [1.807, 2.05) is 18.2 Å². The summed E-state index contributed by atoms with van der Waals surface area (Å²) >= 11 is 5.94. The molecular weight excluding hydrogens is 258 g/mol. The van der Waals surface area contributed by atoms with Gasteiger partial charge in [0, 0.05) is 5.39 Å². The van der Waals surface area contributed by atoms with E-state index < -0.39 is 0 Å². The molecule has 0 saturated carbocycles. The third kappa shape index (κ3) is 2.02. The summed E-state index contributed by atoms with van der Waals surface area (Å²) in [5.41, 5.74) is 4.05. The fourth-order valence-corrected chi connectivity index (χ4v) is 2.62. The zero-order valence-electron chi connectivity index (χ0n) is 10.7. The first-order valence-corrected chi connectivity index (χ1v) is 6.75. The predicted octanol–water partition coefficient (Wildman–Crippen LogP) is 4.72. The molecule has 0 bridgehead atoms. The third-order valence-electron chi connectivity index (χ3n) is 3.50. The largest absolute Gasteiger partial charge is 0.504 e. The molecule has 1 heterocycles. The second-order valence-electron chi connectivity index (χ2n) is 4.63. The average Bonchev–Trinajstić information content (AvgIpc) is 2.91. The van der Waals surface area contributed by atoms with Crippen LogP contribution in [-0.4, -0.2) is 10.1 Å². The topological polar surface area (TPSA) is 33.1 Å². The summed E-state index contributed by atoms with van der Waals surface area (Å²) in [5.74, 6) is 0.0608. The van der Waals surface area contributed by atoms with Gasteiger partial charge in [0.1, 0.15) is 5.52 Å². The summed E-state index contributed by atoms with van der Waals surface area (Å²) in [7, 11) is 0. The Labute approximate surface area is 117 Å². The number of benzene rings is 1. The van der Waals surface area contributed by atoms with Gasteiger partial charge in [-0.15, -0.1) is 0 Å². The number of rotatable bonds is 2. The molecule has 96 valence electrons. The molecule has 0 aliphatic heterocycles. The Bertz CT molecular complexity index is 716. The van der Waals surface area contributed by atoms with Gasteiger partial charge in [0.25, 0.3) is 0 Å². The third-order valence-corrected chi connectivity index (χ3v) is 3.81. The van der Waals surface area contributed by atoms with Crippen LogP contribution in [0.15, 0.2) is 42.0 Å². The number of allylic oxidation sites excluding steroid dienone is 4. The second kappa shape index (κ2) is 4.71. The van der Waals surface area contributed by atoms with Gasteiger partial charge in [-0.2, -0.15) is 0 Å². The highest BCUT2D eigenvalue weighted by molar-refractivity contribution is 6.33. The van der Waals surface area contributed by atoms with Crippen molar-refractivity contribution in [1.82, 2.24) is 4.98 Å². The van der Waals surface area contributed by atoms with Gasteiger partial charge in [-0.1, -0.05) is 42.8 Å². The average molecular weight is 272 g/mol. The number of aromatic hydroxyl groups is 1. The molecule has 3 rings (SSSR count). The van der Waals surface area contributed by atoms with Crippen molar-refractivity contribution >= 4 is 28.1 Å². The number of phenols is 1. The number of halogens is 1. The Morgan fingerprint density at radius 3 is 2.84 bits per heavy atom. The van der Waals surface area contributed by atoms with Crippen molar-refractivity contribution in [3.8, 4) is 5.75 Å². The van der Waals surface area contributed by atoms with E-state index in [4.69, 9.17) is 11.6 Å². The lowest BCUT2D eigenvalue weighted by Crippen LogP contribution is -1.91. The molecule has 1 aromatic heterocycles. The van der Waals surface area contributed by atoms with E-state index >= 15 is 0 Å². The lowest BCUT2D eigenvalue weighted by Gasteiger charge is -2.08. The van der Waals surface area contributed by atoms with E-state index in [9.17, 15) is 5.11 Å². The minimum atomic E-state index is 0.0608. The van der Waals surface area contributed by atoms with Crippen LogP contribution in [0.5, 0.6) is 5.75 Å². The van der Waals surface area contributed by atoms with Crippen molar-refractivity contribution in [3.05, 3.63) is 52.7 Å². The van der Waals surface area contributed by atoms with Crippen molar-refractivity contribution in [2.45, 2.75) is 19.8 Å². The Morgan fingerprint density at radius 2 is 2.05 bits per heavy atom. The van der Waals surface area contributed by atoms with Crippen LogP contribution >= 0.6 is 11.6 Å². The van der Waals surface area contributed by atoms with Crippen molar-refractivity contribution in [3.63, 3.8) is 0 Å². The van der Waals surface area contributed by atoms with Crippen LogP contribution in [-0.2, 0) is 0 Å². The molecular formula is C16H14ClNO. The summed E-state index contributed by atoms with van der Waals surface area (Å²) in [5, 5.41) is 11.3. The molecule has 1 aromatic carbocycles. The van der Waals surface area contributed by atoms with Crippen molar-refractivity contribution in [2.75, 3.05) is 0 Å². The van der Waals surface area contributed by atoms with Crippen molar-refractivity contribution in [1.29, 1.82) is 0 Å². The summed E-state index contributed by atoms with van der Waals surface area (Å²) in [6.45, 7) is 2.14. The molecule has 2 nitrogen and oxygen atoms in total. The van der Waals surface area contributed by atoms with Crippen LogP contribution in [0.1, 0.15) is 25.5 Å². The monoisotopic (exact) mass is 271 g/mol. The molecule has 19 heavy (non-hydrogen) atoms. The Kier molecular flexibility index (Phi) is 3.03. The molecule has 0 atom stereocenters. The van der Waals surface area contributed by atoms with Crippen LogP contribution in [0.2, 0.25) is 5.02 Å². The van der Waals surface area contributed by atoms with E-state index in [0.717, 1.165) is 23.9 Å². The molecule has 3 heteroatoms. The number of nitrogens with zero attached hydrogens (tertiary/aromatic N) is 1. The maximum absolute atomic E-state index is 10.0. The highest BCUT2D eigenvalue weighted by Crippen LogP contribution is 2.34. The first-order valence-electron chi connectivity index (χ1n) is 6.38. The van der Waals surface area contributed by atoms with Gasteiger partial charge in [0.15, 0.2) is 5.75 Å². The van der Waals surface area contributed by atoms with Gasteiger partial charge in [-0.25, -0.2) is 4.98 Å². The van der Waals surface area contributed by atoms with Gasteiger partial charge in [-0.3, -0.25) is 0 Å². The van der Waals surface area contributed by atoms with E-state index in [-0.39, 0.29) is 5.75 Å². The maximum atomic E-state index is 10.0. The lowest BCUT2D eigenvalue weighted by atomic mass is 10.0. The van der Waals surface area contributed by atoms with E-state index in [2.05, 4.69) is 24.1 Å². The maximum Gasteiger partial charge on any atom is 0.160 e. The van der Waals surface area contributed by atoms with Crippen LogP contribution in [0, 0.1) is 0 Å². The van der Waals surface area contributed by atoms with Crippen LogP contribution in [0.4, 0.5) is 0 Å². The van der Waals surface area contributed by atoms with Crippen molar-refractivity contribution < 1.29 is 5.11 Å².